The van der Waals surface area contributed by atoms with Gasteiger partial charge in [0.15, 0.2) is 0 Å². The molecular weight excluding hydrogens is 319 g/mol. The van der Waals surface area contributed by atoms with Crippen molar-refractivity contribution in [3.05, 3.63) is 58.4 Å². The summed E-state index contributed by atoms with van der Waals surface area (Å²) in [5.41, 5.74) is 2.28. The lowest BCUT2D eigenvalue weighted by Crippen LogP contribution is -2.31. The third-order valence-corrected chi connectivity index (χ3v) is 4.31. The normalized spacial score (nSPS) is 16.5. The predicted octanol–water partition coefficient (Wildman–Crippen LogP) is 3.85. The van der Waals surface area contributed by atoms with E-state index in [0.717, 1.165) is 5.56 Å². The summed E-state index contributed by atoms with van der Waals surface area (Å²) in [6.07, 6.45) is 0.0179. The summed E-state index contributed by atoms with van der Waals surface area (Å²) in [5.74, 6) is -1.77. The van der Waals surface area contributed by atoms with Crippen LogP contribution in [0.5, 0.6) is 0 Å². The number of rotatable bonds is 2. The molecule has 0 saturated heterocycles. The van der Waals surface area contributed by atoms with Gasteiger partial charge in [0.2, 0.25) is 11.8 Å². The highest BCUT2D eigenvalue weighted by Crippen LogP contribution is 2.34. The Bertz CT molecular complexity index is 807. The maximum atomic E-state index is 13.3. The fraction of sp³-hybridized carbons (Fsp3) is 0.176. The Hall–Kier alpha value is -2.40. The lowest BCUT2D eigenvalue weighted by molar-refractivity contribution is -0.123. The monoisotopic (exact) mass is 332 g/mol. The topological polar surface area (TPSA) is 58.2 Å². The van der Waals surface area contributed by atoms with Gasteiger partial charge in [0.05, 0.1) is 5.92 Å². The van der Waals surface area contributed by atoms with Crippen LogP contribution >= 0.6 is 11.6 Å². The molecular formula is C17H14ClFN2O2. The zero-order valence-electron chi connectivity index (χ0n) is 12.3. The first-order chi connectivity index (χ1) is 11.0. The van der Waals surface area contributed by atoms with Crippen molar-refractivity contribution in [2.45, 2.75) is 19.3 Å². The summed E-state index contributed by atoms with van der Waals surface area (Å²) in [7, 11) is 0. The second-order valence-corrected chi connectivity index (χ2v) is 5.85. The molecule has 1 aliphatic rings. The van der Waals surface area contributed by atoms with Gasteiger partial charge < -0.3 is 10.6 Å². The average molecular weight is 333 g/mol. The highest BCUT2D eigenvalue weighted by molar-refractivity contribution is 6.31. The molecule has 0 fully saturated rings. The smallest absolute Gasteiger partial charge is 0.232 e. The number of benzene rings is 2. The molecule has 3 rings (SSSR count). The minimum atomic E-state index is -0.669. The quantitative estimate of drug-likeness (QED) is 0.877. The lowest BCUT2D eigenvalue weighted by atomic mass is 9.89. The Morgan fingerprint density at radius 1 is 1.35 bits per heavy atom. The Morgan fingerprint density at radius 2 is 2.13 bits per heavy atom. The number of halogens is 2. The van der Waals surface area contributed by atoms with E-state index in [1.165, 1.54) is 18.2 Å². The van der Waals surface area contributed by atoms with E-state index >= 15 is 0 Å². The molecule has 6 heteroatoms. The van der Waals surface area contributed by atoms with Crippen molar-refractivity contribution in [3.8, 4) is 0 Å². The summed E-state index contributed by atoms with van der Waals surface area (Å²) >= 11 is 6.05. The van der Waals surface area contributed by atoms with Crippen molar-refractivity contribution in [1.29, 1.82) is 0 Å². The van der Waals surface area contributed by atoms with Crippen molar-refractivity contribution in [2.75, 3.05) is 10.6 Å². The lowest BCUT2D eigenvalue weighted by Gasteiger charge is -2.25. The van der Waals surface area contributed by atoms with Crippen molar-refractivity contribution in [1.82, 2.24) is 0 Å². The molecule has 118 valence electrons. The Morgan fingerprint density at radius 3 is 2.91 bits per heavy atom. The Balaban J connectivity index is 1.91. The first kappa shape index (κ1) is 15.5. The molecule has 0 bridgehead atoms. The first-order valence-electron chi connectivity index (χ1n) is 7.11. The molecule has 1 atom stereocenters. The number of anilines is 2. The zero-order valence-corrected chi connectivity index (χ0v) is 13.1. The number of amides is 2. The van der Waals surface area contributed by atoms with E-state index in [2.05, 4.69) is 10.6 Å². The molecule has 23 heavy (non-hydrogen) atoms. The van der Waals surface area contributed by atoms with Gasteiger partial charge in [-0.15, -0.1) is 0 Å². The van der Waals surface area contributed by atoms with Crippen molar-refractivity contribution < 1.29 is 14.0 Å². The van der Waals surface area contributed by atoms with E-state index in [0.29, 0.717) is 22.0 Å². The third-order valence-electron chi connectivity index (χ3n) is 3.90. The molecule has 0 aromatic heterocycles. The van der Waals surface area contributed by atoms with Crippen LogP contribution < -0.4 is 10.6 Å². The second kappa shape index (κ2) is 6.01. The van der Waals surface area contributed by atoms with Crippen molar-refractivity contribution in [2.24, 2.45) is 0 Å². The van der Waals surface area contributed by atoms with Gasteiger partial charge in [0.25, 0.3) is 0 Å². The van der Waals surface area contributed by atoms with Gasteiger partial charge in [-0.3, -0.25) is 9.59 Å². The molecule has 4 nitrogen and oxygen atoms in total. The summed E-state index contributed by atoms with van der Waals surface area (Å²) in [5, 5.41) is 5.94. The van der Waals surface area contributed by atoms with Gasteiger partial charge >= 0.3 is 0 Å². The van der Waals surface area contributed by atoms with E-state index in [1.54, 1.807) is 25.1 Å². The fourth-order valence-corrected chi connectivity index (χ4v) is 2.81. The number of carbonyl (C=O) groups excluding carboxylic acids is 2. The van der Waals surface area contributed by atoms with Crippen LogP contribution in [0, 0.1) is 12.7 Å². The number of carbonyl (C=O) groups is 2. The van der Waals surface area contributed by atoms with Gasteiger partial charge in [0, 0.05) is 22.8 Å². The minimum Gasteiger partial charge on any atom is -0.326 e. The average Bonchev–Trinajstić information content (AvgIpc) is 2.50. The van der Waals surface area contributed by atoms with Crippen LogP contribution in [-0.4, -0.2) is 11.8 Å². The molecule has 0 radical (unpaired) electrons. The summed E-state index contributed by atoms with van der Waals surface area (Å²) in [6, 6.07) is 9.24. The molecule has 2 amide bonds. The van der Waals surface area contributed by atoms with E-state index in [1.807, 2.05) is 0 Å². The Labute approximate surface area is 137 Å². The fourth-order valence-electron chi connectivity index (χ4n) is 2.63. The largest absolute Gasteiger partial charge is 0.326 e. The summed E-state index contributed by atoms with van der Waals surface area (Å²) < 4.78 is 13.3. The van der Waals surface area contributed by atoms with Crippen LogP contribution in [0.3, 0.4) is 0 Å². The van der Waals surface area contributed by atoms with E-state index in [9.17, 15) is 14.0 Å². The summed E-state index contributed by atoms with van der Waals surface area (Å²) in [4.78, 5) is 24.4. The van der Waals surface area contributed by atoms with Crippen LogP contribution in [0.15, 0.2) is 36.4 Å². The predicted molar refractivity (Wildman–Crippen MR) is 87.2 cm³/mol. The molecule has 2 aromatic rings. The molecule has 0 saturated carbocycles. The maximum Gasteiger partial charge on any atom is 0.232 e. The number of hydrogen-bond donors (Lipinski definition) is 2. The van der Waals surface area contributed by atoms with Crippen LogP contribution in [0.1, 0.15) is 23.5 Å². The van der Waals surface area contributed by atoms with Gasteiger partial charge in [0.1, 0.15) is 5.82 Å². The van der Waals surface area contributed by atoms with Crippen molar-refractivity contribution >= 4 is 34.8 Å². The Kier molecular flexibility index (Phi) is 4.05. The highest BCUT2D eigenvalue weighted by Gasteiger charge is 2.31. The standard InChI is InChI=1S/C17H14ClFN2O2/c1-9-13(18)3-2-4-14(9)21-17(23)12-8-16(22)20-15-7-10(19)5-6-11(12)15/h2-7,12H,8H2,1H3,(H,20,22)(H,21,23). The van der Waals surface area contributed by atoms with Crippen LogP contribution in [0.4, 0.5) is 15.8 Å². The van der Waals surface area contributed by atoms with Gasteiger partial charge in [-0.1, -0.05) is 23.7 Å². The van der Waals surface area contributed by atoms with E-state index in [-0.39, 0.29) is 18.2 Å². The SMILES string of the molecule is Cc1c(Cl)cccc1NC(=O)C1CC(=O)Nc2cc(F)ccc21. The van der Waals surface area contributed by atoms with Gasteiger partial charge in [-0.05, 0) is 42.3 Å². The molecule has 2 aromatic carbocycles. The molecule has 1 aliphatic heterocycles. The molecule has 0 spiro atoms. The zero-order chi connectivity index (χ0) is 16.6. The first-order valence-corrected chi connectivity index (χ1v) is 7.49. The third kappa shape index (κ3) is 3.05. The summed E-state index contributed by atoms with van der Waals surface area (Å²) in [6.45, 7) is 1.80. The minimum absolute atomic E-state index is 0.0179. The molecule has 0 aliphatic carbocycles. The molecule has 1 heterocycles. The van der Waals surface area contributed by atoms with Gasteiger partial charge in [-0.25, -0.2) is 4.39 Å². The number of fused-ring (bicyclic) bond motifs is 1. The second-order valence-electron chi connectivity index (χ2n) is 5.44. The number of hydrogen-bond acceptors (Lipinski definition) is 2. The molecule has 1 unspecified atom stereocenters. The molecule has 2 N–H and O–H groups in total. The van der Waals surface area contributed by atoms with Gasteiger partial charge in [-0.2, -0.15) is 0 Å². The van der Waals surface area contributed by atoms with Crippen LogP contribution in [0.2, 0.25) is 5.02 Å². The van der Waals surface area contributed by atoms with Crippen LogP contribution in [-0.2, 0) is 9.59 Å². The number of nitrogens with one attached hydrogen (secondary N) is 2. The maximum absolute atomic E-state index is 13.3. The van der Waals surface area contributed by atoms with E-state index < -0.39 is 11.7 Å². The van der Waals surface area contributed by atoms with Crippen molar-refractivity contribution in [3.63, 3.8) is 0 Å². The van der Waals surface area contributed by atoms with E-state index in [4.69, 9.17) is 11.6 Å². The van der Waals surface area contributed by atoms with Crippen LogP contribution in [0.25, 0.3) is 0 Å². The highest BCUT2D eigenvalue weighted by atomic mass is 35.5.